The molecule has 21 heteroatoms. The maximum Gasteiger partial charge on any atom is 0.253 e. The van der Waals surface area contributed by atoms with Crippen LogP contribution in [0.15, 0.2) is 70.2 Å². The molecule has 4 aromatic rings. The number of carbonyl (C=O) groups excluding carboxylic acids is 4. The number of fused-ring (bicyclic) bond motifs is 1. The largest absolute Gasteiger partial charge is 0.379 e. The molecule has 4 amide bonds. The van der Waals surface area contributed by atoms with Gasteiger partial charge in [0.25, 0.3) is 5.91 Å². The highest BCUT2D eigenvalue weighted by molar-refractivity contribution is 9.10. The van der Waals surface area contributed by atoms with Crippen molar-refractivity contribution in [2.75, 3.05) is 74.9 Å². The number of aromatic nitrogens is 2. The molecule has 1 aromatic heterocycles. The summed E-state index contributed by atoms with van der Waals surface area (Å²) in [6.45, 7) is 6.35. The smallest absolute Gasteiger partial charge is 0.253 e. The molecule has 3 heterocycles. The lowest BCUT2D eigenvalue weighted by atomic mass is 9.94. The number of rotatable bonds is 24. The molecule has 1 saturated heterocycles. The first-order valence-electron chi connectivity index (χ1n) is 20.6. The maximum atomic E-state index is 14.3. The van der Waals surface area contributed by atoms with E-state index in [1.807, 2.05) is 25.1 Å². The summed E-state index contributed by atoms with van der Waals surface area (Å²) in [7, 11) is -3.84. The zero-order valence-electron chi connectivity index (χ0n) is 35.3. The van der Waals surface area contributed by atoms with Crippen LogP contribution < -0.4 is 31.3 Å². The average Bonchev–Trinajstić information content (AvgIpc) is 3.51. The summed E-state index contributed by atoms with van der Waals surface area (Å²) < 4.78 is 65.5. The summed E-state index contributed by atoms with van der Waals surface area (Å²) in [6, 6.07) is 13.6. The number of nitrogens with zero attached hydrogens (tertiary/aromatic N) is 3. The van der Waals surface area contributed by atoms with Crippen molar-refractivity contribution in [3.8, 4) is 0 Å². The minimum Gasteiger partial charge on any atom is -0.379 e. The number of carbonyl (C=O) groups is 4. The lowest BCUT2D eigenvalue weighted by Crippen LogP contribution is -2.53. The zero-order valence-corrected chi connectivity index (χ0v) is 37.7. The average molecular weight is 970 g/mol. The summed E-state index contributed by atoms with van der Waals surface area (Å²) >= 11 is 3.34. The third-order valence-electron chi connectivity index (χ3n) is 10.4. The molecule has 0 aliphatic carbocycles. The van der Waals surface area contributed by atoms with Crippen LogP contribution in [0.1, 0.15) is 59.2 Å². The highest BCUT2D eigenvalue weighted by atomic mass is 79.9. The second-order valence-electron chi connectivity index (χ2n) is 14.8. The molecule has 64 heavy (non-hydrogen) atoms. The van der Waals surface area contributed by atoms with Gasteiger partial charge in [-0.25, -0.2) is 22.5 Å². The van der Waals surface area contributed by atoms with Gasteiger partial charge in [-0.3, -0.25) is 29.4 Å². The summed E-state index contributed by atoms with van der Waals surface area (Å²) in [6.07, 6.45) is 3.41. The lowest BCUT2D eigenvalue weighted by Gasteiger charge is -2.30. The molecule has 18 nitrogen and oxygen atoms in total. The number of aryl methyl sites for hydroxylation is 2. The molecule has 2 aliphatic heterocycles. The number of benzene rings is 3. The van der Waals surface area contributed by atoms with Gasteiger partial charge < -0.3 is 35.3 Å². The van der Waals surface area contributed by atoms with E-state index < -0.39 is 33.7 Å². The highest BCUT2D eigenvalue weighted by Crippen LogP contribution is 2.42. The van der Waals surface area contributed by atoms with Gasteiger partial charge in [-0.05, 0) is 102 Å². The molecular formula is C43H50BrFN8O10S. The number of amides is 4. The minimum atomic E-state index is -3.84. The van der Waals surface area contributed by atoms with Crippen molar-refractivity contribution in [3.05, 3.63) is 93.3 Å². The van der Waals surface area contributed by atoms with Crippen molar-refractivity contribution < 1.29 is 50.9 Å². The fourth-order valence-corrected chi connectivity index (χ4v) is 8.66. The Kier molecular flexibility index (Phi) is 16.9. The van der Waals surface area contributed by atoms with E-state index >= 15 is 0 Å². The van der Waals surface area contributed by atoms with Crippen LogP contribution in [0.5, 0.6) is 0 Å². The van der Waals surface area contributed by atoms with Crippen LogP contribution in [-0.4, -0.2) is 107 Å². The molecule has 342 valence electrons. The standard InChI is InChI=1S/C43H50BrFN8O10S/c1-26-24-29(11-12-32(26)50-43-47-25-30(44)40(52-43)49-33-9-4-8-31(45)38(33)39(46)55)64(58,59)48-15-17-61-19-21-63-23-22-62-20-18-60-16-5-7-28-6-3-10-34-37(28)27(2)42(57)53(34)35-13-14-36(54)51-41(35)56/h3-4,6,8-12,24-25,27,35,48H,5,7,13-23H2,1-2H3,(H2,46,55)(H,51,54,56)(H2,47,49,50,52). The fraction of sp³-hybridized carbons (Fsp3) is 0.395. The highest BCUT2D eigenvalue weighted by Gasteiger charge is 2.43. The molecule has 0 radical (unpaired) electrons. The van der Waals surface area contributed by atoms with Gasteiger partial charge in [0, 0.05) is 37.1 Å². The molecule has 6 N–H and O–H groups in total. The summed E-state index contributed by atoms with van der Waals surface area (Å²) in [5.74, 6) is -2.62. The van der Waals surface area contributed by atoms with E-state index in [0.29, 0.717) is 68.2 Å². The van der Waals surface area contributed by atoms with E-state index in [1.54, 1.807) is 17.9 Å². The lowest BCUT2D eigenvalue weighted by molar-refractivity contribution is -0.135. The number of ether oxygens (including phenoxy) is 4. The Morgan fingerprint density at radius 2 is 1.62 bits per heavy atom. The van der Waals surface area contributed by atoms with Crippen molar-refractivity contribution in [1.82, 2.24) is 20.0 Å². The van der Waals surface area contributed by atoms with Gasteiger partial charge in [-0.2, -0.15) is 4.98 Å². The number of hydrogen-bond acceptors (Lipinski definition) is 14. The topological polar surface area (TPSA) is 242 Å². The van der Waals surface area contributed by atoms with Crippen LogP contribution in [0.4, 0.5) is 33.2 Å². The SMILES string of the molecule is Cc1cc(S(=O)(=O)NCCOCCOCCOCCOCCCc2cccc3c2C(C)C(=O)N3C2CCC(=O)NC2=O)ccc1Nc1ncc(Br)c(Nc2cccc(F)c2C(N)=O)n1. The van der Waals surface area contributed by atoms with Crippen LogP contribution in [0, 0.1) is 12.7 Å². The normalized spacial score (nSPS) is 16.2. The van der Waals surface area contributed by atoms with Gasteiger partial charge in [0.1, 0.15) is 17.7 Å². The van der Waals surface area contributed by atoms with Crippen molar-refractivity contribution in [1.29, 1.82) is 0 Å². The van der Waals surface area contributed by atoms with Gasteiger partial charge in [0.2, 0.25) is 33.7 Å². The summed E-state index contributed by atoms with van der Waals surface area (Å²) in [4.78, 5) is 59.5. The van der Waals surface area contributed by atoms with E-state index in [9.17, 15) is 32.0 Å². The monoisotopic (exact) mass is 968 g/mol. The molecule has 3 aromatic carbocycles. The second kappa shape index (κ2) is 22.5. The van der Waals surface area contributed by atoms with Crippen molar-refractivity contribution in [2.24, 2.45) is 5.73 Å². The van der Waals surface area contributed by atoms with Crippen LogP contribution >= 0.6 is 15.9 Å². The first kappa shape index (κ1) is 48.0. The van der Waals surface area contributed by atoms with Gasteiger partial charge in [0.05, 0.1) is 72.8 Å². The van der Waals surface area contributed by atoms with Crippen LogP contribution in [0.3, 0.4) is 0 Å². The second-order valence-corrected chi connectivity index (χ2v) is 17.5. The first-order valence-corrected chi connectivity index (χ1v) is 22.9. The number of anilines is 5. The van der Waals surface area contributed by atoms with E-state index in [-0.39, 0.29) is 71.8 Å². The predicted molar refractivity (Wildman–Crippen MR) is 238 cm³/mol. The molecule has 2 unspecified atom stereocenters. The third kappa shape index (κ3) is 12.2. The van der Waals surface area contributed by atoms with E-state index in [1.165, 1.54) is 30.5 Å². The Labute approximate surface area is 378 Å². The number of piperidine rings is 1. The van der Waals surface area contributed by atoms with Gasteiger partial charge in [-0.1, -0.05) is 18.2 Å². The van der Waals surface area contributed by atoms with Gasteiger partial charge >= 0.3 is 0 Å². The maximum absolute atomic E-state index is 14.3. The molecular weight excluding hydrogens is 919 g/mol. The molecule has 2 aliphatic rings. The van der Waals surface area contributed by atoms with E-state index in [0.717, 1.165) is 29.3 Å². The number of sulfonamides is 1. The van der Waals surface area contributed by atoms with Crippen LogP contribution in [0.2, 0.25) is 0 Å². The Balaban J connectivity index is 0.811. The zero-order chi connectivity index (χ0) is 45.8. The fourth-order valence-electron chi connectivity index (χ4n) is 7.27. The molecule has 0 saturated carbocycles. The molecule has 6 rings (SSSR count). The van der Waals surface area contributed by atoms with Crippen molar-refractivity contribution in [2.45, 2.75) is 56.4 Å². The number of imide groups is 1. The summed E-state index contributed by atoms with van der Waals surface area (Å²) in [5.41, 5.74) is 8.99. The van der Waals surface area contributed by atoms with Crippen molar-refractivity contribution in [3.63, 3.8) is 0 Å². The van der Waals surface area contributed by atoms with E-state index in [2.05, 4.69) is 46.6 Å². The molecule has 2 atom stereocenters. The van der Waals surface area contributed by atoms with Gasteiger partial charge in [-0.15, -0.1) is 0 Å². The molecule has 1 fully saturated rings. The molecule has 0 spiro atoms. The number of hydrogen-bond donors (Lipinski definition) is 5. The Morgan fingerprint density at radius 3 is 2.31 bits per heavy atom. The predicted octanol–water partition coefficient (Wildman–Crippen LogP) is 4.51. The molecule has 0 bridgehead atoms. The minimum absolute atomic E-state index is 0.0469. The van der Waals surface area contributed by atoms with E-state index in [4.69, 9.17) is 24.7 Å². The third-order valence-corrected chi connectivity index (χ3v) is 12.4. The Morgan fingerprint density at radius 1 is 0.938 bits per heavy atom. The Hall–Kier alpha value is -5.42. The first-order chi connectivity index (χ1) is 30.7. The quantitative estimate of drug-likeness (QED) is 0.0480. The van der Waals surface area contributed by atoms with Crippen LogP contribution in [-0.2, 0) is 49.8 Å². The number of nitrogens with one attached hydrogen (secondary N) is 4. The van der Waals surface area contributed by atoms with Gasteiger partial charge in [0.15, 0.2) is 0 Å². The number of halogens is 2. The van der Waals surface area contributed by atoms with Crippen LogP contribution in [0.25, 0.3) is 0 Å². The van der Waals surface area contributed by atoms with Crippen molar-refractivity contribution >= 4 is 78.4 Å². The summed E-state index contributed by atoms with van der Waals surface area (Å²) in [5, 5.41) is 8.29. The number of primary amides is 1. The Bertz CT molecular complexity index is 2460. The number of nitrogens with two attached hydrogens (primary N) is 1.